The van der Waals surface area contributed by atoms with Crippen molar-refractivity contribution in [3.05, 3.63) is 210 Å². The summed E-state index contributed by atoms with van der Waals surface area (Å²) < 4.78 is 5.11. The van der Waals surface area contributed by atoms with E-state index in [9.17, 15) is 9.59 Å². The third-order valence-electron chi connectivity index (χ3n) is 14.5. The van der Waals surface area contributed by atoms with E-state index in [4.69, 9.17) is 17.0 Å². The lowest BCUT2D eigenvalue weighted by atomic mass is 9.86. The zero-order chi connectivity index (χ0) is 50.3. The van der Waals surface area contributed by atoms with Gasteiger partial charge in [-0.05, 0) is 98.0 Å². The SMILES string of the molecule is COC(=O)C1(Nc2ccccc2)CCN(CCc2ccccc2)CC1.NC(=O)C1(Nc2ccccc2)CCN(CCc2ccccc2)CC1.[C-]#[N+]C1(Nc2ccccc2)CCN(CCc2ccccc2)CC1. The van der Waals surface area contributed by atoms with Gasteiger partial charge < -0.3 is 41.1 Å². The fourth-order valence-corrected chi connectivity index (χ4v) is 9.92. The Kier molecular flexibility index (Phi) is 19.8. The van der Waals surface area contributed by atoms with Crippen molar-refractivity contribution in [2.75, 3.05) is 82.0 Å². The van der Waals surface area contributed by atoms with Crippen molar-refractivity contribution < 1.29 is 14.3 Å². The third kappa shape index (κ3) is 15.8. The van der Waals surface area contributed by atoms with Gasteiger partial charge in [-0.1, -0.05) is 146 Å². The Balaban J connectivity index is 0.000000159. The standard InChI is InChI=1S/C21H26N2O2.C20H25N3O.C20H23N3/c1-25-20(24)21(22-19-10-6-3-7-11-19)13-16-23(17-14-21)15-12-18-8-4-2-5-9-18;21-19(24)20(22-18-9-5-2-6-10-18)12-15-23(16-13-20)14-11-17-7-3-1-4-8-17;1-21-20(22-19-10-6-3-7-11-19)13-16-23(17-14-20)15-12-18-8-4-2-5-9-18/h2-11,22H,12-17H2,1H3;1-10,22H,11-16H2,(H2,21,24);2-11,22H,12-17H2. The number of amides is 1. The summed E-state index contributed by atoms with van der Waals surface area (Å²) in [4.78, 5) is 35.8. The molecule has 0 unspecified atom stereocenters. The van der Waals surface area contributed by atoms with Crippen molar-refractivity contribution in [1.82, 2.24) is 14.7 Å². The quantitative estimate of drug-likeness (QED) is 0.0523. The highest BCUT2D eigenvalue weighted by Crippen LogP contribution is 2.31. The number of para-hydroxylation sites is 3. The summed E-state index contributed by atoms with van der Waals surface area (Å²) in [7, 11) is 1.47. The Morgan fingerprint density at radius 1 is 0.472 bits per heavy atom. The minimum absolute atomic E-state index is 0.168. The van der Waals surface area contributed by atoms with Crippen molar-refractivity contribution in [3.63, 3.8) is 0 Å². The number of primary amides is 1. The Morgan fingerprint density at radius 3 is 1.08 bits per heavy atom. The largest absolute Gasteiger partial charge is 0.467 e. The smallest absolute Gasteiger partial charge is 0.331 e. The number of hydrogen-bond donors (Lipinski definition) is 4. The molecule has 0 spiro atoms. The van der Waals surface area contributed by atoms with Gasteiger partial charge in [0.1, 0.15) is 11.1 Å². The summed E-state index contributed by atoms with van der Waals surface area (Å²) in [5, 5.41) is 10.3. The fourth-order valence-electron chi connectivity index (χ4n) is 9.92. The number of ether oxygens (including phenoxy) is 1. The topological polar surface area (TPSA) is 120 Å². The molecule has 72 heavy (non-hydrogen) atoms. The van der Waals surface area contributed by atoms with E-state index in [1.54, 1.807) is 0 Å². The summed E-state index contributed by atoms with van der Waals surface area (Å²) in [6.07, 6.45) is 7.90. The second kappa shape index (κ2) is 27.0. The number of nitrogens with zero attached hydrogens (tertiary/aromatic N) is 4. The number of likely N-dealkylation sites (tertiary alicyclic amines) is 3. The van der Waals surface area contributed by atoms with Crippen LogP contribution in [0.5, 0.6) is 0 Å². The normalized spacial score (nSPS) is 17.2. The summed E-state index contributed by atoms with van der Waals surface area (Å²) >= 11 is 0. The van der Waals surface area contributed by atoms with Gasteiger partial charge in [-0.2, -0.15) is 0 Å². The zero-order valence-electron chi connectivity index (χ0n) is 42.1. The average Bonchev–Trinajstić information content (AvgIpc) is 3.44. The zero-order valence-corrected chi connectivity index (χ0v) is 42.1. The number of carbonyl (C=O) groups excluding carboxylic acids is 2. The van der Waals surface area contributed by atoms with Gasteiger partial charge in [-0.15, -0.1) is 0 Å². The second-order valence-electron chi connectivity index (χ2n) is 19.4. The van der Waals surface area contributed by atoms with Crippen LogP contribution in [0.15, 0.2) is 182 Å². The number of rotatable bonds is 17. The molecule has 11 nitrogen and oxygen atoms in total. The summed E-state index contributed by atoms with van der Waals surface area (Å²) in [6, 6.07) is 61.5. The Bertz CT molecular complexity index is 2520. The Morgan fingerprint density at radius 2 is 0.764 bits per heavy atom. The molecule has 3 aliphatic rings. The first-order chi connectivity index (χ1) is 35.2. The number of piperidine rings is 3. The lowest BCUT2D eigenvalue weighted by Crippen LogP contribution is -2.57. The van der Waals surface area contributed by atoms with Crippen LogP contribution in [0, 0.1) is 6.57 Å². The lowest BCUT2D eigenvalue weighted by Gasteiger charge is -2.40. The second-order valence-corrected chi connectivity index (χ2v) is 19.4. The predicted octanol–water partition coefficient (Wildman–Crippen LogP) is 10.1. The first-order valence-electron chi connectivity index (χ1n) is 25.7. The Hall–Kier alpha value is -6.97. The molecule has 3 heterocycles. The van der Waals surface area contributed by atoms with Gasteiger partial charge in [-0.3, -0.25) is 9.64 Å². The van der Waals surface area contributed by atoms with Crippen LogP contribution in [0.4, 0.5) is 17.1 Å². The number of methoxy groups -OCH3 is 1. The van der Waals surface area contributed by atoms with Crippen molar-refractivity contribution in [1.29, 1.82) is 0 Å². The molecule has 0 bridgehead atoms. The summed E-state index contributed by atoms with van der Waals surface area (Å²) in [6.45, 7) is 16.3. The molecular weight excluding hydrogens is 893 g/mol. The minimum Gasteiger partial charge on any atom is -0.467 e. The maximum Gasteiger partial charge on any atom is 0.331 e. The number of anilines is 3. The van der Waals surface area contributed by atoms with Crippen LogP contribution < -0.4 is 21.7 Å². The molecule has 6 aromatic rings. The van der Waals surface area contributed by atoms with Gasteiger partial charge >= 0.3 is 11.6 Å². The monoisotopic (exact) mass is 967 g/mol. The van der Waals surface area contributed by atoms with Crippen LogP contribution in [-0.4, -0.2) is 109 Å². The van der Waals surface area contributed by atoms with Gasteiger partial charge in [0.15, 0.2) is 0 Å². The highest BCUT2D eigenvalue weighted by Gasteiger charge is 2.43. The third-order valence-corrected chi connectivity index (χ3v) is 14.5. The number of nitrogens with two attached hydrogens (primary N) is 1. The van der Waals surface area contributed by atoms with Crippen LogP contribution in [-0.2, 0) is 33.6 Å². The van der Waals surface area contributed by atoms with Crippen LogP contribution in [0.2, 0.25) is 0 Å². The predicted molar refractivity (Wildman–Crippen MR) is 294 cm³/mol. The highest BCUT2D eigenvalue weighted by atomic mass is 16.5. The lowest BCUT2D eigenvalue weighted by molar-refractivity contribution is -0.147. The van der Waals surface area contributed by atoms with E-state index in [1.807, 2.05) is 103 Å². The molecule has 5 N–H and O–H groups in total. The number of benzene rings is 6. The van der Waals surface area contributed by atoms with E-state index in [-0.39, 0.29) is 11.9 Å². The van der Waals surface area contributed by atoms with E-state index >= 15 is 0 Å². The van der Waals surface area contributed by atoms with E-state index in [0.29, 0.717) is 0 Å². The molecule has 9 rings (SSSR count). The van der Waals surface area contributed by atoms with E-state index in [1.165, 1.54) is 23.8 Å². The number of carbonyl (C=O) groups is 2. The molecule has 3 fully saturated rings. The summed E-state index contributed by atoms with van der Waals surface area (Å²) in [5.74, 6) is -0.423. The molecule has 3 aliphatic heterocycles. The maximum absolute atomic E-state index is 12.5. The molecule has 3 saturated heterocycles. The van der Waals surface area contributed by atoms with Crippen LogP contribution in [0.25, 0.3) is 4.85 Å². The van der Waals surface area contributed by atoms with Gasteiger partial charge in [0.2, 0.25) is 5.91 Å². The Labute approximate surface area is 428 Å². The van der Waals surface area contributed by atoms with Crippen LogP contribution in [0.3, 0.4) is 0 Å². The van der Waals surface area contributed by atoms with Crippen molar-refractivity contribution >= 4 is 28.9 Å². The number of nitrogens with one attached hydrogen (secondary N) is 3. The molecule has 6 aromatic carbocycles. The average molecular weight is 967 g/mol. The maximum atomic E-state index is 12.5. The molecule has 0 aromatic heterocycles. The van der Waals surface area contributed by atoms with Crippen molar-refractivity contribution in [2.45, 2.75) is 74.5 Å². The first kappa shape index (κ1) is 52.8. The van der Waals surface area contributed by atoms with Gasteiger partial charge in [0, 0.05) is 76.0 Å². The van der Waals surface area contributed by atoms with Crippen LogP contribution >= 0.6 is 0 Å². The number of esters is 1. The fraction of sp³-hybridized carbons (Fsp3) is 0.361. The van der Waals surface area contributed by atoms with Crippen molar-refractivity contribution in [2.24, 2.45) is 5.73 Å². The molecule has 0 radical (unpaired) electrons. The highest BCUT2D eigenvalue weighted by molar-refractivity contribution is 5.88. The number of hydrogen-bond acceptors (Lipinski definition) is 9. The molecule has 376 valence electrons. The van der Waals surface area contributed by atoms with E-state index in [2.05, 4.69) is 114 Å². The van der Waals surface area contributed by atoms with Crippen LogP contribution in [0.1, 0.15) is 55.2 Å². The van der Waals surface area contributed by atoms with E-state index < -0.39 is 16.7 Å². The summed E-state index contributed by atoms with van der Waals surface area (Å²) in [5.41, 5.74) is 11.1. The molecular formula is C61H74N8O3. The molecule has 0 atom stereocenters. The minimum atomic E-state index is -0.634. The molecule has 0 saturated carbocycles. The van der Waals surface area contributed by atoms with Crippen molar-refractivity contribution in [3.8, 4) is 0 Å². The van der Waals surface area contributed by atoms with Gasteiger partial charge in [0.05, 0.1) is 20.0 Å². The molecule has 1 amide bonds. The molecule has 0 aliphatic carbocycles. The van der Waals surface area contributed by atoms with E-state index in [0.717, 1.165) is 134 Å². The van der Waals surface area contributed by atoms with Gasteiger partial charge in [0.25, 0.3) is 0 Å². The molecule has 11 heteroatoms. The van der Waals surface area contributed by atoms with Gasteiger partial charge in [-0.25, -0.2) is 11.4 Å². The first-order valence-corrected chi connectivity index (χ1v) is 25.7.